The summed E-state index contributed by atoms with van der Waals surface area (Å²) in [6.45, 7) is 2.44. The minimum atomic E-state index is -0.991. The summed E-state index contributed by atoms with van der Waals surface area (Å²) < 4.78 is 36.0. The summed E-state index contributed by atoms with van der Waals surface area (Å²) in [5.74, 6) is -2.95. The standard InChI is InChI=1S/C24H36F2O4/c1-2-3-4-5-6-7-8-9-10-11-12-17-29-23(27)15-16-24(28)30-19-20-13-14-21(25)22(26)18-20/h13-14,18H,2-12,15-17,19H2,1H3. The van der Waals surface area contributed by atoms with Crippen LogP contribution >= 0.6 is 0 Å². The zero-order chi connectivity index (χ0) is 22.0. The van der Waals surface area contributed by atoms with Crippen molar-refractivity contribution >= 4 is 11.9 Å². The van der Waals surface area contributed by atoms with Crippen LogP contribution in [0.5, 0.6) is 0 Å². The third-order valence-electron chi connectivity index (χ3n) is 4.93. The summed E-state index contributed by atoms with van der Waals surface area (Å²) in [6.07, 6.45) is 13.4. The highest BCUT2D eigenvalue weighted by Gasteiger charge is 2.10. The molecule has 0 aromatic heterocycles. The molecule has 0 unspecified atom stereocenters. The lowest BCUT2D eigenvalue weighted by Gasteiger charge is -2.07. The molecule has 0 saturated carbocycles. The van der Waals surface area contributed by atoms with Gasteiger partial charge in [-0.3, -0.25) is 9.59 Å². The molecular formula is C24H36F2O4. The van der Waals surface area contributed by atoms with Gasteiger partial charge in [-0.1, -0.05) is 77.2 Å². The highest BCUT2D eigenvalue weighted by molar-refractivity contribution is 5.77. The zero-order valence-corrected chi connectivity index (χ0v) is 18.2. The van der Waals surface area contributed by atoms with Crippen molar-refractivity contribution in [2.75, 3.05) is 6.61 Å². The molecule has 0 radical (unpaired) electrons. The number of rotatable bonds is 17. The summed E-state index contributed by atoms with van der Waals surface area (Å²) in [7, 11) is 0. The predicted octanol–water partition coefficient (Wildman–Crippen LogP) is 6.64. The van der Waals surface area contributed by atoms with E-state index in [0.717, 1.165) is 31.4 Å². The van der Waals surface area contributed by atoms with Crippen LogP contribution in [0, 0.1) is 11.6 Å². The van der Waals surface area contributed by atoms with Gasteiger partial charge in [-0.15, -0.1) is 0 Å². The van der Waals surface area contributed by atoms with Crippen LogP contribution in [-0.2, 0) is 25.7 Å². The Morgan fingerprint density at radius 2 is 1.27 bits per heavy atom. The van der Waals surface area contributed by atoms with Crippen LogP contribution in [0.3, 0.4) is 0 Å². The van der Waals surface area contributed by atoms with Crippen molar-refractivity contribution in [3.63, 3.8) is 0 Å². The SMILES string of the molecule is CCCCCCCCCCCCCOC(=O)CCC(=O)OCc1ccc(F)c(F)c1. The zero-order valence-electron chi connectivity index (χ0n) is 18.2. The number of hydrogen-bond acceptors (Lipinski definition) is 4. The van der Waals surface area contributed by atoms with Gasteiger partial charge in [-0.2, -0.15) is 0 Å². The topological polar surface area (TPSA) is 52.6 Å². The van der Waals surface area contributed by atoms with Crippen LogP contribution in [0.25, 0.3) is 0 Å². The van der Waals surface area contributed by atoms with Crippen molar-refractivity contribution < 1.29 is 27.8 Å². The van der Waals surface area contributed by atoms with Crippen LogP contribution in [0.1, 0.15) is 96.0 Å². The lowest BCUT2D eigenvalue weighted by molar-refractivity contribution is -0.151. The summed E-state index contributed by atoms with van der Waals surface area (Å²) in [5.41, 5.74) is 0.348. The minimum Gasteiger partial charge on any atom is -0.466 e. The summed E-state index contributed by atoms with van der Waals surface area (Å²) >= 11 is 0. The van der Waals surface area contributed by atoms with Crippen molar-refractivity contribution in [3.8, 4) is 0 Å². The molecule has 0 aliphatic carbocycles. The Labute approximate surface area is 179 Å². The molecule has 0 aliphatic rings. The van der Waals surface area contributed by atoms with E-state index in [1.54, 1.807) is 0 Å². The number of carbonyl (C=O) groups excluding carboxylic acids is 2. The molecule has 0 amide bonds. The van der Waals surface area contributed by atoms with Gasteiger partial charge in [-0.05, 0) is 24.1 Å². The van der Waals surface area contributed by atoms with E-state index in [9.17, 15) is 18.4 Å². The number of hydrogen-bond donors (Lipinski definition) is 0. The minimum absolute atomic E-state index is 0.0470. The van der Waals surface area contributed by atoms with E-state index in [1.165, 1.54) is 57.4 Å². The monoisotopic (exact) mass is 426 g/mol. The maximum atomic E-state index is 13.1. The van der Waals surface area contributed by atoms with E-state index in [-0.39, 0.29) is 19.4 Å². The van der Waals surface area contributed by atoms with Gasteiger partial charge in [0.05, 0.1) is 19.4 Å². The normalized spacial score (nSPS) is 10.8. The van der Waals surface area contributed by atoms with E-state index in [2.05, 4.69) is 6.92 Å². The molecule has 30 heavy (non-hydrogen) atoms. The van der Waals surface area contributed by atoms with Crippen LogP contribution < -0.4 is 0 Å². The number of carbonyl (C=O) groups is 2. The van der Waals surface area contributed by atoms with E-state index < -0.39 is 23.6 Å². The van der Waals surface area contributed by atoms with Crippen molar-refractivity contribution in [3.05, 3.63) is 35.4 Å². The largest absolute Gasteiger partial charge is 0.466 e. The third-order valence-corrected chi connectivity index (χ3v) is 4.93. The lowest BCUT2D eigenvalue weighted by Crippen LogP contribution is -2.11. The number of esters is 2. The average molecular weight is 427 g/mol. The fourth-order valence-electron chi connectivity index (χ4n) is 3.09. The molecule has 0 aliphatic heterocycles. The third kappa shape index (κ3) is 13.3. The molecule has 0 heterocycles. The Morgan fingerprint density at radius 3 is 1.83 bits per heavy atom. The first-order chi connectivity index (χ1) is 14.5. The second-order valence-electron chi connectivity index (χ2n) is 7.67. The molecule has 0 bridgehead atoms. The Kier molecular flexibility index (Phi) is 14.6. The predicted molar refractivity (Wildman–Crippen MR) is 113 cm³/mol. The van der Waals surface area contributed by atoms with E-state index >= 15 is 0 Å². The second kappa shape index (κ2) is 16.8. The van der Waals surface area contributed by atoms with Crippen LogP contribution in [0.15, 0.2) is 18.2 Å². The van der Waals surface area contributed by atoms with Crippen molar-refractivity contribution in [2.24, 2.45) is 0 Å². The summed E-state index contributed by atoms with van der Waals surface area (Å²) in [5, 5.41) is 0. The first-order valence-electron chi connectivity index (χ1n) is 11.3. The number of ether oxygens (including phenoxy) is 2. The molecule has 0 spiro atoms. The molecule has 0 N–H and O–H groups in total. The van der Waals surface area contributed by atoms with Gasteiger partial charge >= 0.3 is 11.9 Å². The molecule has 170 valence electrons. The van der Waals surface area contributed by atoms with Gasteiger partial charge in [0.15, 0.2) is 11.6 Å². The molecule has 0 saturated heterocycles. The Hall–Kier alpha value is -1.98. The van der Waals surface area contributed by atoms with Gasteiger partial charge < -0.3 is 9.47 Å². The second-order valence-corrected chi connectivity index (χ2v) is 7.67. The van der Waals surface area contributed by atoms with Crippen molar-refractivity contribution in [1.29, 1.82) is 0 Å². The van der Waals surface area contributed by atoms with Gasteiger partial charge in [0.2, 0.25) is 0 Å². The smallest absolute Gasteiger partial charge is 0.306 e. The fraction of sp³-hybridized carbons (Fsp3) is 0.667. The maximum Gasteiger partial charge on any atom is 0.306 e. The molecule has 1 rings (SSSR count). The number of halogens is 2. The highest BCUT2D eigenvalue weighted by Crippen LogP contribution is 2.12. The van der Waals surface area contributed by atoms with Gasteiger partial charge in [0.1, 0.15) is 6.61 Å². The molecular weight excluding hydrogens is 390 g/mol. The molecule has 0 atom stereocenters. The van der Waals surface area contributed by atoms with E-state index in [1.807, 2.05) is 0 Å². The fourth-order valence-corrected chi connectivity index (χ4v) is 3.09. The average Bonchev–Trinajstić information content (AvgIpc) is 2.73. The first-order valence-corrected chi connectivity index (χ1v) is 11.3. The number of benzene rings is 1. The number of unbranched alkanes of at least 4 members (excludes halogenated alkanes) is 10. The lowest BCUT2D eigenvalue weighted by atomic mass is 10.1. The Balaban J connectivity index is 1.94. The van der Waals surface area contributed by atoms with Crippen molar-refractivity contribution in [1.82, 2.24) is 0 Å². The summed E-state index contributed by atoms with van der Waals surface area (Å²) in [4.78, 5) is 23.3. The van der Waals surface area contributed by atoms with Crippen LogP contribution in [-0.4, -0.2) is 18.5 Å². The van der Waals surface area contributed by atoms with Crippen LogP contribution in [0.4, 0.5) is 8.78 Å². The van der Waals surface area contributed by atoms with E-state index in [0.29, 0.717) is 12.2 Å². The molecule has 0 fully saturated rings. The Bertz CT molecular complexity index is 619. The molecule has 6 heteroatoms. The van der Waals surface area contributed by atoms with E-state index in [4.69, 9.17) is 9.47 Å². The highest BCUT2D eigenvalue weighted by atomic mass is 19.2. The van der Waals surface area contributed by atoms with Crippen molar-refractivity contribution in [2.45, 2.75) is 97.0 Å². The van der Waals surface area contributed by atoms with Gasteiger partial charge in [0.25, 0.3) is 0 Å². The molecule has 1 aromatic rings. The molecule has 1 aromatic carbocycles. The maximum absolute atomic E-state index is 13.1. The summed E-state index contributed by atoms with van der Waals surface area (Å²) in [6, 6.07) is 3.29. The Morgan fingerprint density at radius 1 is 0.733 bits per heavy atom. The first kappa shape index (κ1) is 26.1. The molecule has 4 nitrogen and oxygen atoms in total. The quantitative estimate of drug-likeness (QED) is 0.207. The van der Waals surface area contributed by atoms with Gasteiger partial charge in [-0.25, -0.2) is 8.78 Å². The van der Waals surface area contributed by atoms with Crippen LogP contribution in [0.2, 0.25) is 0 Å². The van der Waals surface area contributed by atoms with Gasteiger partial charge in [0, 0.05) is 0 Å².